The second kappa shape index (κ2) is 7.10. The number of halogens is 2. The van der Waals surface area contributed by atoms with Crippen LogP contribution < -0.4 is 0 Å². The zero-order valence-electron chi connectivity index (χ0n) is 14.2. The molecular formula is C18H22BrFN2O2. The SMILES string of the molecule is CC(C)(C)OC(=O)N1CCCC(C#N)(Cc2ccc(Br)cc2F)C1. The number of amides is 1. The molecule has 2 rings (SSSR count). The van der Waals surface area contributed by atoms with E-state index in [4.69, 9.17) is 4.74 Å². The second-order valence-corrected chi connectivity index (χ2v) is 8.23. The highest BCUT2D eigenvalue weighted by molar-refractivity contribution is 9.10. The lowest BCUT2D eigenvalue weighted by molar-refractivity contribution is 0.0111. The largest absolute Gasteiger partial charge is 0.444 e. The van der Waals surface area contributed by atoms with Crippen LogP contribution in [0.25, 0.3) is 0 Å². The number of benzene rings is 1. The van der Waals surface area contributed by atoms with E-state index in [1.165, 1.54) is 6.07 Å². The molecule has 0 spiro atoms. The fourth-order valence-corrected chi connectivity index (χ4v) is 3.25. The first-order valence-corrected chi connectivity index (χ1v) is 8.77. The normalized spacial score (nSPS) is 21.2. The summed E-state index contributed by atoms with van der Waals surface area (Å²) in [4.78, 5) is 13.9. The highest BCUT2D eigenvalue weighted by Crippen LogP contribution is 2.34. The quantitative estimate of drug-likeness (QED) is 0.729. The molecule has 1 fully saturated rings. The molecule has 1 amide bonds. The van der Waals surface area contributed by atoms with E-state index in [0.29, 0.717) is 29.4 Å². The van der Waals surface area contributed by atoms with Gasteiger partial charge >= 0.3 is 6.09 Å². The number of ether oxygens (including phenoxy) is 1. The molecule has 0 aromatic heterocycles. The minimum absolute atomic E-state index is 0.258. The lowest BCUT2D eigenvalue weighted by atomic mass is 9.76. The van der Waals surface area contributed by atoms with Crippen molar-refractivity contribution in [1.82, 2.24) is 4.90 Å². The van der Waals surface area contributed by atoms with Crippen LogP contribution in [0.5, 0.6) is 0 Å². The molecule has 1 aromatic rings. The van der Waals surface area contributed by atoms with Gasteiger partial charge < -0.3 is 9.64 Å². The number of hydrogen-bond acceptors (Lipinski definition) is 3. The molecule has 0 aliphatic carbocycles. The molecule has 1 aliphatic heterocycles. The van der Waals surface area contributed by atoms with Crippen LogP contribution in [0.4, 0.5) is 9.18 Å². The minimum Gasteiger partial charge on any atom is -0.444 e. The Morgan fingerprint density at radius 3 is 2.79 bits per heavy atom. The Hall–Kier alpha value is -1.61. The standard InChI is InChI=1S/C18H22BrFN2O2/c1-17(2,3)24-16(23)22-8-4-7-18(11-21,12-22)10-13-5-6-14(19)9-15(13)20/h5-6,9H,4,7-8,10,12H2,1-3H3. The molecule has 6 heteroatoms. The maximum atomic E-state index is 14.1. The van der Waals surface area contributed by atoms with E-state index in [1.54, 1.807) is 17.0 Å². The van der Waals surface area contributed by atoms with Crippen molar-refractivity contribution in [2.45, 2.75) is 45.6 Å². The van der Waals surface area contributed by atoms with E-state index in [-0.39, 0.29) is 18.8 Å². The molecular weight excluding hydrogens is 375 g/mol. The smallest absolute Gasteiger partial charge is 0.410 e. The monoisotopic (exact) mass is 396 g/mol. The molecule has 4 nitrogen and oxygen atoms in total. The minimum atomic E-state index is -0.788. The van der Waals surface area contributed by atoms with Crippen LogP contribution in [-0.4, -0.2) is 29.7 Å². The highest BCUT2D eigenvalue weighted by atomic mass is 79.9. The van der Waals surface area contributed by atoms with E-state index < -0.39 is 17.1 Å². The van der Waals surface area contributed by atoms with Gasteiger partial charge in [0, 0.05) is 17.6 Å². The average Bonchev–Trinajstić information content (AvgIpc) is 2.49. The zero-order valence-corrected chi connectivity index (χ0v) is 15.8. The average molecular weight is 397 g/mol. The lowest BCUT2D eigenvalue weighted by Crippen LogP contribution is -2.48. The van der Waals surface area contributed by atoms with Crippen molar-refractivity contribution < 1.29 is 13.9 Å². The van der Waals surface area contributed by atoms with E-state index in [9.17, 15) is 14.4 Å². The predicted octanol–water partition coefficient (Wildman–Crippen LogP) is 4.67. The van der Waals surface area contributed by atoms with Gasteiger partial charge in [0.2, 0.25) is 0 Å². The number of likely N-dealkylation sites (tertiary alicyclic amines) is 1. The van der Waals surface area contributed by atoms with Gasteiger partial charge in [-0.1, -0.05) is 22.0 Å². The summed E-state index contributed by atoms with van der Waals surface area (Å²) in [5, 5.41) is 9.72. The van der Waals surface area contributed by atoms with Crippen molar-refractivity contribution in [2.75, 3.05) is 13.1 Å². The summed E-state index contributed by atoms with van der Waals surface area (Å²) in [6.07, 6.45) is 1.20. The molecule has 0 saturated carbocycles. The number of nitriles is 1. The van der Waals surface area contributed by atoms with Gasteiger partial charge in [0.25, 0.3) is 0 Å². The topological polar surface area (TPSA) is 53.3 Å². The molecule has 0 N–H and O–H groups in total. The molecule has 1 heterocycles. The first-order valence-electron chi connectivity index (χ1n) is 7.97. The van der Waals surface area contributed by atoms with Gasteiger partial charge in [-0.05, 0) is 57.7 Å². The van der Waals surface area contributed by atoms with Crippen LogP contribution in [-0.2, 0) is 11.2 Å². The molecule has 0 radical (unpaired) electrons. The van der Waals surface area contributed by atoms with Crippen molar-refractivity contribution in [3.63, 3.8) is 0 Å². The molecule has 24 heavy (non-hydrogen) atoms. The molecule has 1 aliphatic rings. The number of carbonyl (C=O) groups excluding carboxylic acids is 1. The number of hydrogen-bond donors (Lipinski definition) is 0. The molecule has 130 valence electrons. The van der Waals surface area contributed by atoms with Crippen molar-refractivity contribution in [3.8, 4) is 6.07 Å². The van der Waals surface area contributed by atoms with Crippen LogP contribution >= 0.6 is 15.9 Å². The summed E-state index contributed by atoms with van der Waals surface area (Å²) in [5.41, 5.74) is -0.878. The van der Waals surface area contributed by atoms with Crippen LogP contribution in [0, 0.1) is 22.6 Å². The summed E-state index contributed by atoms with van der Waals surface area (Å²) < 4.78 is 20.2. The summed E-state index contributed by atoms with van der Waals surface area (Å²) in [6, 6.07) is 7.17. The molecule has 1 aromatic carbocycles. The molecule has 1 unspecified atom stereocenters. The first-order chi connectivity index (χ1) is 11.1. The summed E-state index contributed by atoms with van der Waals surface area (Å²) in [7, 11) is 0. The van der Waals surface area contributed by atoms with E-state index in [1.807, 2.05) is 20.8 Å². The third-order valence-electron chi connectivity index (χ3n) is 4.01. The summed E-state index contributed by atoms with van der Waals surface area (Å²) in [6.45, 7) is 6.24. The van der Waals surface area contributed by atoms with Crippen LogP contribution in [0.15, 0.2) is 22.7 Å². The fraction of sp³-hybridized carbons (Fsp3) is 0.556. The van der Waals surface area contributed by atoms with Crippen molar-refractivity contribution >= 4 is 22.0 Å². The number of carbonyl (C=O) groups is 1. The van der Waals surface area contributed by atoms with Gasteiger partial charge in [-0.2, -0.15) is 5.26 Å². The van der Waals surface area contributed by atoms with Gasteiger partial charge in [0.05, 0.1) is 11.5 Å². The van der Waals surface area contributed by atoms with E-state index in [2.05, 4.69) is 22.0 Å². The van der Waals surface area contributed by atoms with Crippen molar-refractivity contribution in [3.05, 3.63) is 34.1 Å². The Balaban J connectivity index is 2.17. The van der Waals surface area contributed by atoms with Crippen molar-refractivity contribution in [1.29, 1.82) is 5.26 Å². The Labute approximate surface area is 150 Å². The Morgan fingerprint density at radius 2 is 2.21 bits per heavy atom. The van der Waals surface area contributed by atoms with Gasteiger partial charge in [-0.15, -0.1) is 0 Å². The first kappa shape index (κ1) is 18.7. The Bertz CT molecular complexity index is 666. The summed E-state index contributed by atoms with van der Waals surface area (Å²) >= 11 is 3.23. The van der Waals surface area contributed by atoms with Gasteiger partial charge in [0.1, 0.15) is 11.4 Å². The number of rotatable bonds is 2. The zero-order chi connectivity index (χ0) is 18.0. The molecule has 1 atom stereocenters. The van der Waals surface area contributed by atoms with Gasteiger partial charge in [0.15, 0.2) is 0 Å². The predicted molar refractivity (Wildman–Crippen MR) is 92.9 cm³/mol. The van der Waals surface area contributed by atoms with Gasteiger partial charge in [-0.25, -0.2) is 9.18 Å². The van der Waals surface area contributed by atoms with Gasteiger partial charge in [-0.3, -0.25) is 0 Å². The van der Waals surface area contributed by atoms with E-state index in [0.717, 1.165) is 0 Å². The second-order valence-electron chi connectivity index (χ2n) is 7.31. The Kier molecular flexibility index (Phi) is 5.54. The molecule has 1 saturated heterocycles. The highest BCUT2D eigenvalue weighted by Gasteiger charge is 2.39. The lowest BCUT2D eigenvalue weighted by Gasteiger charge is -2.39. The van der Waals surface area contributed by atoms with Crippen LogP contribution in [0.1, 0.15) is 39.2 Å². The van der Waals surface area contributed by atoms with Crippen molar-refractivity contribution in [2.24, 2.45) is 5.41 Å². The van der Waals surface area contributed by atoms with Crippen LogP contribution in [0.3, 0.4) is 0 Å². The fourth-order valence-electron chi connectivity index (χ4n) is 2.92. The maximum Gasteiger partial charge on any atom is 0.410 e. The summed E-state index contributed by atoms with van der Waals surface area (Å²) in [5.74, 6) is -0.339. The maximum absolute atomic E-state index is 14.1. The third-order valence-corrected chi connectivity index (χ3v) is 4.50. The molecule has 0 bridgehead atoms. The number of piperidine rings is 1. The Morgan fingerprint density at radius 1 is 1.50 bits per heavy atom. The third kappa shape index (κ3) is 4.70. The number of nitrogens with zero attached hydrogens (tertiary/aromatic N) is 2. The van der Waals surface area contributed by atoms with E-state index >= 15 is 0 Å². The van der Waals surface area contributed by atoms with Crippen LogP contribution in [0.2, 0.25) is 0 Å².